The minimum absolute atomic E-state index is 0.293. The van der Waals surface area contributed by atoms with Gasteiger partial charge in [0.1, 0.15) is 0 Å². The molecular formula is C15H14F13NO. The lowest BCUT2D eigenvalue weighted by Gasteiger charge is -2.41. The van der Waals surface area contributed by atoms with E-state index < -0.39 is 59.5 Å². The number of nitrogens with zero attached hydrogens (tertiary/aromatic N) is 1. The summed E-state index contributed by atoms with van der Waals surface area (Å²) in [6, 6.07) is 0. The normalized spacial score (nSPS) is 14.5. The van der Waals surface area contributed by atoms with Crippen LogP contribution in [0.4, 0.5) is 57.1 Å². The molecule has 0 aromatic carbocycles. The summed E-state index contributed by atoms with van der Waals surface area (Å²) in [5, 5.41) is 0. The highest BCUT2D eigenvalue weighted by Gasteiger charge is 2.91. The Bertz CT molecular complexity index is 693. The van der Waals surface area contributed by atoms with Crippen LogP contribution in [-0.4, -0.2) is 53.1 Å². The van der Waals surface area contributed by atoms with E-state index in [1.54, 1.807) is 0 Å². The van der Waals surface area contributed by atoms with Gasteiger partial charge in [-0.15, -0.1) is 0 Å². The predicted octanol–water partition coefficient (Wildman–Crippen LogP) is 6.05. The molecule has 0 aliphatic rings. The summed E-state index contributed by atoms with van der Waals surface area (Å²) in [7, 11) is 0. The Balaban J connectivity index is 6.57. The number of carbonyl (C=O) groups is 1. The smallest absolute Gasteiger partial charge is 0.307 e. The Morgan fingerprint density at radius 3 is 1.40 bits per heavy atom. The van der Waals surface area contributed by atoms with Crippen LogP contribution in [0.5, 0.6) is 0 Å². The zero-order chi connectivity index (χ0) is 24.7. The van der Waals surface area contributed by atoms with Crippen molar-refractivity contribution in [3.05, 3.63) is 24.4 Å². The molecule has 0 aromatic heterocycles. The molecule has 0 atom stereocenters. The van der Waals surface area contributed by atoms with Crippen molar-refractivity contribution in [2.75, 3.05) is 6.54 Å². The monoisotopic (exact) mass is 471 g/mol. The van der Waals surface area contributed by atoms with Gasteiger partial charge in [-0.1, -0.05) is 20.1 Å². The first-order chi connectivity index (χ1) is 13.0. The molecule has 0 rings (SSSR count). The average molecular weight is 471 g/mol. The van der Waals surface area contributed by atoms with Crippen LogP contribution < -0.4 is 0 Å². The van der Waals surface area contributed by atoms with Crippen LogP contribution in [0.2, 0.25) is 0 Å². The topological polar surface area (TPSA) is 20.3 Å². The van der Waals surface area contributed by atoms with Gasteiger partial charge in [0.05, 0.1) is 5.70 Å². The molecule has 0 N–H and O–H groups in total. The molecule has 1 amide bonds. The summed E-state index contributed by atoms with van der Waals surface area (Å²) in [4.78, 5) is 11.4. The Labute approximate surface area is 161 Å². The van der Waals surface area contributed by atoms with Crippen LogP contribution in [-0.2, 0) is 4.79 Å². The van der Waals surface area contributed by atoms with Gasteiger partial charge in [0.2, 0.25) is 0 Å². The summed E-state index contributed by atoms with van der Waals surface area (Å²) in [5.74, 6) is -39.5. The van der Waals surface area contributed by atoms with E-state index in [4.69, 9.17) is 0 Å². The molecule has 30 heavy (non-hydrogen) atoms. The summed E-state index contributed by atoms with van der Waals surface area (Å²) < 4.78 is 171. The first kappa shape index (κ1) is 28.0. The number of hydrogen-bond acceptors (Lipinski definition) is 1. The third-order valence-corrected chi connectivity index (χ3v) is 3.68. The fourth-order valence-corrected chi connectivity index (χ4v) is 1.93. The van der Waals surface area contributed by atoms with E-state index in [1.807, 2.05) is 0 Å². The van der Waals surface area contributed by atoms with E-state index in [9.17, 15) is 61.9 Å². The molecule has 0 saturated heterocycles. The highest BCUT2D eigenvalue weighted by Crippen LogP contribution is 2.61. The van der Waals surface area contributed by atoms with E-state index in [-0.39, 0.29) is 11.3 Å². The van der Waals surface area contributed by atoms with Crippen molar-refractivity contribution in [2.24, 2.45) is 0 Å². The third kappa shape index (κ3) is 3.98. The molecule has 2 nitrogen and oxygen atoms in total. The van der Waals surface area contributed by atoms with Gasteiger partial charge in [0.15, 0.2) is 0 Å². The van der Waals surface area contributed by atoms with Crippen LogP contribution in [0.1, 0.15) is 20.3 Å². The van der Waals surface area contributed by atoms with Crippen molar-refractivity contribution in [1.82, 2.24) is 4.90 Å². The second kappa shape index (κ2) is 7.94. The predicted molar refractivity (Wildman–Crippen MR) is 76.7 cm³/mol. The second-order valence-corrected chi connectivity index (χ2v) is 6.05. The number of amides is 1. The first-order valence-corrected chi connectivity index (χ1v) is 7.59. The van der Waals surface area contributed by atoms with Crippen LogP contribution in [0.25, 0.3) is 0 Å². The quantitative estimate of drug-likeness (QED) is 0.296. The van der Waals surface area contributed by atoms with Crippen molar-refractivity contribution < 1.29 is 61.9 Å². The molecular weight excluding hydrogens is 457 g/mol. The number of allylic oxidation sites excluding steroid dienone is 1. The lowest BCUT2D eigenvalue weighted by atomic mass is 9.92. The van der Waals surface area contributed by atoms with Gasteiger partial charge < -0.3 is 4.90 Å². The van der Waals surface area contributed by atoms with Crippen LogP contribution in [0.15, 0.2) is 24.4 Å². The standard InChI is InChI=1S/C15H14F13NO/c1-5-6-29(9(30)7(2)3)8(4)10(16,17)11(18,19)12(20,21)13(22,23)14(24,25)15(26,27)28/h2,4-6H2,1,3H3. The Kier molecular flexibility index (Phi) is 7.43. The van der Waals surface area contributed by atoms with Crippen molar-refractivity contribution in [2.45, 2.75) is 56.1 Å². The Hall–Kier alpha value is -1.96. The molecule has 0 aromatic rings. The molecule has 0 heterocycles. The zero-order valence-electron chi connectivity index (χ0n) is 15.1. The Morgan fingerprint density at radius 1 is 0.733 bits per heavy atom. The summed E-state index contributed by atoms with van der Waals surface area (Å²) in [6.45, 7) is 6.37. The minimum Gasteiger partial charge on any atom is -0.307 e. The number of rotatable bonds is 9. The van der Waals surface area contributed by atoms with Gasteiger partial charge in [0, 0.05) is 12.1 Å². The highest BCUT2D eigenvalue weighted by atomic mass is 19.4. The lowest BCUT2D eigenvalue weighted by Crippen LogP contribution is -2.70. The molecule has 0 radical (unpaired) electrons. The third-order valence-electron chi connectivity index (χ3n) is 3.68. The summed E-state index contributed by atoms with van der Waals surface area (Å²) >= 11 is 0. The number of alkyl halides is 13. The van der Waals surface area contributed by atoms with E-state index in [0.29, 0.717) is 0 Å². The molecule has 0 fully saturated rings. The molecule has 0 saturated carbocycles. The van der Waals surface area contributed by atoms with E-state index >= 15 is 0 Å². The molecule has 0 aliphatic heterocycles. The number of hydrogen-bond donors (Lipinski definition) is 0. The second-order valence-electron chi connectivity index (χ2n) is 6.05. The molecule has 0 unspecified atom stereocenters. The van der Waals surface area contributed by atoms with Crippen molar-refractivity contribution in [3.8, 4) is 0 Å². The Morgan fingerprint density at radius 2 is 1.10 bits per heavy atom. The molecule has 0 spiro atoms. The van der Waals surface area contributed by atoms with E-state index in [2.05, 4.69) is 13.2 Å². The maximum absolute atomic E-state index is 14.1. The van der Waals surface area contributed by atoms with E-state index in [1.165, 1.54) is 6.92 Å². The SMILES string of the molecule is C=C(C)C(=O)N(CCC)C(=C)C(F)(F)C(F)(F)C(F)(F)C(F)(F)C(F)(F)C(F)(F)F. The van der Waals surface area contributed by atoms with Crippen LogP contribution >= 0.6 is 0 Å². The van der Waals surface area contributed by atoms with Crippen LogP contribution in [0, 0.1) is 0 Å². The minimum atomic E-state index is -8.01. The van der Waals surface area contributed by atoms with Crippen molar-refractivity contribution >= 4 is 5.91 Å². The zero-order valence-corrected chi connectivity index (χ0v) is 15.1. The van der Waals surface area contributed by atoms with Crippen molar-refractivity contribution in [3.63, 3.8) is 0 Å². The summed E-state index contributed by atoms with van der Waals surface area (Å²) in [5.41, 5.74) is -3.16. The van der Waals surface area contributed by atoms with Gasteiger partial charge in [-0.25, -0.2) is 0 Å². The highest BCUT2D eigenvalue weighted by molar-refractivity contribution is 5.93. The van der Waals surface area contributed by atoms with E-state index in [0.717, 1.165) is 6.92 Å². The fourth-order valence-electron chi connectivity index (χ4n) is 1.93. The van der Waals surface area contributed by atoms with Crippen molar-refractivity contribution in [1.29, 1.82) is 0 Å². The number of carbonyl (C=O) groups excluding carboxylic acids is 1. The summed E-state index contributed by atoms with van der Waals surface area (Å²) in [6.07, 6.45) is -7.79. The lowest BCUT2D eigenvalue weighted by molar-refractivity contribution is -0.437. The fraction of sp³-hybridized carbons (Fsp3) is 0.667. The maximum Gasteiger partial charge on any atom is 0.460 e. The van der Waals surface area contributed by atoms with Gasteiger partial charge in [-0.2, -0.15) is 57.1 Å². The van der Waals surface area contributed by atoms with Gasteiger partial charge >= 0.3 is 35.8 Å². The largest absolute Gasteiger partial charge is 0.460 e. The molecule has 0 aliphatic carbocycles. The molecule has 0 bridgehead atoms. The molecule has 176 valence electrons. The first-order valence-electron chi connectivity index (χ1n) is 7.59. The van der Waals surface area contributed by atoms with Gasteiger partial charge in [0.25, 0.3) is 5.91 Å². The van der Waals surface area contributed by atoms with Crippen LogP contribution in [0.3, 0.4) is 0 Å². The average Bonchev–Trinajstić information content (AvgIpc) is 2.56. The van der Waals surface area contributed by atoms with Gasteiger partial charge in [-0.3, -0.25) is 4.79 Å². The maximum atomic E-state index is 14.1. The van der Waals surface area contributed by atoms with Gasteiger partial charge in [-0.05, 0) is 13.3 Å². The number of halogens is 13. The molecule has 15 heteroatoms.